The number of fused-ring (bicyclic) bond motifs is 1. The van der Waals surface area contributed by atoms with Gasteiger partial charge in [-0.15, -0.1) is 0 Å². The maximum absolute atomic E-state index is 12.5. The van der Waals surface area contributed by atoms with Crippen molar-refractivity contribution in [3.8, 4) is 0 Å². The van der Waals surface area contributed by atoms with E-state index in [0.29, 0.717) is 0 Å². The molecule has 0 aliphatic carbocycles. The van der Waals surface area contributed by atoms with E-state index in [4.69, 9.17) is 66.3 Å². The molecule has 0 saturated carbocycles. The van der Waals surface area contributed by atoms with Crippen molar-refractivity contribution in [1.29, 1.82) is 0 Å². The first-order valence-corrected chi connectivity index (χ1v) is 23.3. The van der Waals surface area contributed by atoms with Gasteiger partial charge in [0.1, 0.15) is 122 Å². The van der Waals surface area contributed by atoms with Crippen LogP contribution in [0, 0.1) is 0 Å². The average molecular weight is 1080 g/mol. The molecule has 0 amide bonds. The van der Waals surface area contributed by atoms with Crippen molar-refractivity contribution in [3.05, 3.63) is 0 Å². The van der Waals surface area contributed by atoms with E-state index in [1.165, 1.54) is 13.8 Å². The quantitative estimate of drug-likeness (QED) is 0.0677. The molecule has 7 heterocycles. The fraction of sp³-hybridized carbons (Fsp3) is 0.927. The van der Waals surface area contributed by atoms with Gasteiger partial charge < -0.3 is 148 Å². The summed E-state index contributed by atoms with van der Waals surface area (Å²) in [4.78, 5) is 36.4. The molecule has 7 aliphatic rings. The molecule has 74 heavy (non-hydrogen) atoms. The minimum atomic E-state index is -2.31. The summed E-state index contributed by atoms with van der Waals surface area (Å²) in [6.45, 7) is 2.30. The molecule has 7 aliphatic heterocycles. The molecule has 0 aromatic heterocycles. The number of hydrogen-bond acceptors (Lipinski definition) is 31. The van der Waals surface area contributed by atoms with E-state index in [0.717, 1.165) is 13.8 Å². The topological polar surface area (TPSA) is 504 Å². The minimum Gasteiger partial charge on any atom is -0.479 e. The summed E-state index contributed by atoms with van der Waals surface area (Å²) < 4.78 is 77.5. The third kappa shape index (κ3) is 11.7. The highest BCUT2D eigenvalue weighted by molar-refractivity contribution is 5.75. The van der Waals surface area contributed by atoms with Crippen LogP contribution in [0.25, 0.3) is 0 Å². The molecular formula is C41H64O33. The van der Waals surface area contributed by atoms with Crippen molar-refractivity contribution in [1.82, 2.24) is 0 Å². The van der Waals surface area contributed by atoms with Gasteiger partial charge in [0, 0.05) is 13.8 Å². The van der Waals surface area contributed by atoms with Crippen LogP contribution in [0.15, 0.2) is 0 Å². The zero-order chi connectivity index (χ0) is 54.6. The normalized spacial score (nSPS) is 52.1. The SMILES string of the molecule is CC(=O)O[C@@H]1[C@@H](O)[C@@H](O[C@@H]2[C@@H](O)[C@H](CO)O[C@H](O)[C@H]2O)O[C@H](C)[C@@H]1O[C@H]1O[C@@H](C)[C@@H](O[C@H]2O[C@@H](CO)[C@@H](O)[C@@H](O[C@H]3O[C@@H](C(=O)O)[C@H](O[C@@H]4O[C@@H]5CO[C@@](C)(C(=O)O)O[C@@H]5[C@H](O)[C@H]4O)[C@@H](O)[C@@H]3O)[C@@H]2O)[C@@H](O)[C@@H]1O. The molecule has 7 fully saturated rings. The summed E-state index contributed by atoms with van der Waals surface area (Å²) in [6, 6.07) is 0. The second-order valence-electron chi connectivity index (χ2n) is 18.8. The number of aliphatic hydroxyl groups excluding tert-OH is 14. The number of aliphatic hydroxyl groups is 14. The van der Waals surface area contributed by atoms with Crippen LogP contribution in [0.4, 0.5) is 0 Å². The molecule has 31 atom stereocenters. The molecule has 0 unspecified atom stereocenters. The van der Waals surface area contributed by atoms with E-state index in [2.05, 4.69) is 0 Å². The van der Waals surface area contributed by atoms with Gasteiger partial charge in [-0.2, -0.15) is 0 Å². The number of carboxylic acid groups (broad SMARTS) is 2. The predicted molar refractivity (Wildman–Crippen MR) is 220 cm³/mol. The standard InChI is InChI=1S/C41H64O33/c1-8-25(16(47)19(50)35(62-8)69-26-9(2)63-38(24(55)31(26)64-10(3)44)70-28-14(45)11(5-42)65-34(58)22(28)53)68-39-23(54)29(15(46)12(6-43)66-39)71-37-21(52)18(49)30(32(73-37)33(56)57)72-36-20(51)17(48)27-13(67-36)7-61-41(4,74-27)40(59)60/h8-9,11-32,34-39,42-43,45-55,58H,5-7H2,1-4H3,(H,56,57)(H,59,60)/t8-,9+,11-,12-,13+,14-,15+,16-,17+,18-,19-,20+,21-,22-,23-,24+,25+,26-,27-,28+,29+,30+,31+,32+,34-,35+,36-,37-,38+,39+,41+/m0/s1. The van der Waals surface area contributed by atoms with Gasteiger partial charge in [-0.05, 0) is 13.8 Å². The lowest BCUT2D eigenvalue weighted by Crippen LogP contribution is -2.69. The number of carbonyl (C=O) groups is 3. The number of ether oxygens (including phenoxy) is 14. The van der Waals surface area contributed by atoms with Crippen molar-refractivity contribution < 1.29 is 162 Å². The summed E-state index contributed by atoms with van der Waals surface area (Å²) in [5.74, 6) is -6.63. The van der Waals surface area contributed by atoms with Gasteiger partial charge in [0.05, 0.1) is 32.0 Å². The lowest BCUT2D eigenvalue weighted by Gasteiger charge is -2.50. The summed E-state index contributed by atoms with van der Waals surface area (Å²) >= 11 is 0. The molecule has 7 rings (SSSR count). The van der Waals surface area contributed by atoms with Crippen LogP contribution in [0.2, 0.25) is 0 Å². The predicted octanol–water partition coefficient (Wildman–Crippen LogP) is -10.5. The highest BCUT2D eigenvalue weighted by Crippen LogP contribution is 2.39. The lowest BCUT2D eigenvalue weighted by molar-refractivity contribution is -0.401. The van der Waals surface area contributed by atoms with Gasteiger partial charge in [-0.3, -0.25) is 4.79 Å². The first kappa shape index (κ1) is 59.0. The Labute approximate surface area is 417 Å². The van der Waals surface area contributed by atoms with E-state index in [-0.39, 0.29) is 0 Å². The second kappa shape index (κ2) is 23.7. The number of esters is 1. The first-order valence-electron chi connectivity index (χ1n) is 23.3. The molecule has 0 aromatic carbocycles. The van der Waals surface area contributed by atoms with Gasteiger partial charge in [0.25, 0.3) is 5.79 Å². The Morgan fingerprint density at radius 1 is 0.500 bits per heavy atom. The zero-order valence-electron chi connectivity index (χ0n) is 39.5. The Morgan fingerprint density at radius 3 is 1.51 bits per heavy atom. The number of aliphatic carboxylic acids is 2. The van der Waals surface area contributed by atoms with E-state index >= 15 is 0 Å². The Hall–Kier alpha value is -2.67. The van der Waals surface area contributed by atoms with Crippen LogP contribution in [-0.4, -0.2) is 309 Å². The fourth-order valence-corrected chi connectivity index (χ4v) is 9.49. The van der Waals surface area contributed by atoms with E-state index in [1.807, 2.05) is 0 Å². The van der Waals surface area contributed by atoms with E-state index in [9.17, 15) is 96.1 Å². The van der Waals surface area contributed by atoms with Gasteiger partial charge in [-0.25, -0.2) is 9.59 Å². The fourth-order valence-electron chi connectivity index (χ4n) is 9.49. The highest BCUT2D eigenvalue weighted by Gasteiger charge is 2.60. The Morgan fingerprint density at radius 2 is 0.946 bits per heavy atom. The average Bonchev–Trinajstić information content (AvgIpc) is 3.34. The maximum atomic E-state index is 12.5. The van der Waals surface area contributed by atoms with Gasteiger partial charge >= 0.3 is 17.9 Å². The molecule has 33 heteroatoms. The molecule has 0 aromatic rings. The van der Waals surface area contributed by atoms with Gasteiger partial charge in [0.15, 0.2) is 49.9 Å². The zero-order valence-corrected chi connectivity index (χ0v) is 39.5. The molecule has 7 saturated heterocycles. The third-order valence-corrected chi connectivity index (χ3v) is 13.6. The number of carbonyl (C=O) groups excluding carboxylic acids is 1. The first-order chi connectivity index (χ1) is 34.7. The van der Waals surface area contributed by atoms with Crippen molar-refractivity contribution in [2.45, 2.75) is 218 Å². The summed E-state index contributed by atoms with van der Waals surface area (Å²) in [6.07, 6.45) is -56.1. The number of carboxylic acids is 2. The summed E-state index contributed by atoms with van der Waals surface area (Å²) in [5, 5.41) is 171. The Balaban J connectivity index is 0.995. The third-order valence-electron chi connectivity index (χ3n) is 13.6. The summed E-state index contributed by atoms with van der Waals surface area (Å²) in [7, 11) is 0. The lowest BCUT2D eigenvalue weighted by atomic mass is 9.95. The minimum absolute atomic E-state index is 0.529. The second-order valence-corrected chi connectivity index (χ2v) is 18.8. The van der Waals surface area contributed by atoms with Crippen LogP contribution in [0.5, 0.6) is 0 Å². The van der Waals surface area contributed by atoms with Crippen molar-refractivity contribution in [2.24, 2.45) is 0 Å². The van der Waals surface area contributed by atoms with Gasteiger partial charge in [-0.1, -0.05) is 0 Å². The van der Waals surface area contributed by atoms with Crippen molar-refractivity contribution in [2.75, 3.05) is 19.8 Å². The molecule has 16 N–H and O–H groups in total. The highest BCUT2D eigenvalue weighted by atomic mass is 16.8. The monoisotopic (exact) mass is 1080 g/mol. The maximum Gasteiger partial charge on any atom is 0.364 e. The molecular weight excluding hydrogens is 1020 g/mol. The van der Waals surface area contributed by atoms with Crippen LogP contribution in [0.1, 0.15) is 27.7 Å². The van der Waals surface area contributed by atoms with Gasteiger partial charge in [0.2, 0.25) is 0 Å². The van der Waals surface area contributed by atoms with Crippen molar-refractivity contribution >= 4 is 17.9 Å². The largest absolute Gasteiger partial charge is 0.479 e. The van der Waals surface area contributed by atoms with Crippen molar-refractivity contribution in [3.63, 3.8) is 0 Å². The van der Waals surface area contributed by atoms with Crippen LogP contribution >= 0.6 is 0 Å². The van der Waals surface area contributed by atoms with E-state index in [1.54, 1.807) is 0 Å². The van der Waals surface area contributed by atoms with E-state index < -0.39 is 228 Å². The smallest absolute Gasteiger partial charge is 0.364 e. The summed E-state index contributed by atoms with van der Waals surface area (Å²) in [5.41, 5.74) is 0. The van der Waals surface area contributed by atoms with Crippen LogP contribution in [0.3, 0.4) is 0 Å². The molecule has 33 nitrogen and oxygen atoms in total. The molecule has 0 radical (unpaired) electrons. The molecule has 0 bridgehead atoms. The Bertz CT molecular complexity index is 1900. The number of rotatable bonds is 15. The number of hydrogen-bond donors (Lipinski definition) is 16. The molecule has 426 valence electrons. The molecule has 0 spiro atoms. The Kier molecular flexibility index (Phi) is 18.9. The van der Waals surface area contributed by atoms with Crippen LogP contribution < -0.4 is 0 Å². The van der Waals surface area contributed by atoms with Crippen LogP contribution in [-0.2, 0) is 80.7 Å².